The van der Waals surface area contributed by atoms with E-state index in [0.717, 1.165) is 11.1 Å². The molecule has 0 saturated carbocycles. The van der Waals surface area contributed by atoms with Gasteiger partial charge in [0.25, 0.3) is 5.91 Å². The number of methoxy groups -OCH3 is 2. The molecular weight excluding hydrogens is 650 g/mol. The van der Waals surface area contributed by atoms with Gasteiger partial charge in [0.05, 0.1) is 20.8 Å². The fourth-order valence-electron chi connectivity index (χ4n) is 6.41. The van der Waals surface area contributed by atoms with Crippen molar-refractivity contribution in [2.75, 3.05) is 32.8 Å². The first-order valence-electron chi connectivity index (χ1n) is 16.8. The van der Waals surface area contributed by atoms with Crippen molar-refractivity contribution < 1.29 is 33.6 Å². The van der Waals surface area contributed by atoms with Crippen molar-refractivity contribution in [3.05, 3.63) is 154 Å². The number of aliphatic hydroxyl groups is 1. The van der Waals surface area contributed by atoms with Gasteiger partial charge >= 0.3 is 5.69 Å². The summed E-state index contributed by atoms with van der Waals surface area (Å²) in [5, 5.41) is 14.4. The van der Waals surface area contributed by atoms with Crippen molar-refractivity contribution in [1.82, 2.24) is 9.55 Å². The van der Waals surface area contributed by atoms with E-state index >= 15 is 0 Å². The largest absolute Gasteiger partial charge is 0.493 e. The standard InChI is InChI=1S/C40H41N3O8/c1-4-25-49-36-34(44)32(51-38(36)43-24-23-33(42-39(43)46)41-37(45)27-15-8-5-9-16-27)26-50-40(28-17-10-6-11-18-28,29-19-12-7-13-20-29)30-21-14-22-31(47-2)35(30)48-3/h5-24,32,34,36,38,44H,4,25-26H2,1-3H3,(H,41,42,45,46)/t32-,34-,36-,38-/m1/s1. The lowest BCUT2D eigenvalue weighted by molar-refractivity contribution is -0.0984. The zero-order chi connectivity index (χ0) is 35.8. The van der Waals surface area contributed by atoms with Crippen molar-refractivity contribution >= 4 is 11.7 Å². The summed E-state index contributed by atoms with van der Waals surface area (Å²) in [4.78, 5) is 30.2. The van der Waals surface area contributed by atoms with Crippen LogP contribution in [-0.2, 0) is 19.8 Å². The Hall–Kier alpha value is -5.33. The molecule has 1 saturated heterocycles. The molecule has 5 aromatic rings. The van der Waals surface area contributed by atoms with Crippen LogP contribution in [0.1, 0.15) is 46.6 Å². The maximum Gasteiger partial charge on any atom is 0.351 e. The molecular formula is C40H41N3O8. The van der Waals surface area contributed by atoms with E-state index in [4.69, 9.17) is 23.7 Å². The Morgan fingerprint density at radius 2 is 1.53 bits per heavy atom. The van der Waals surface area contributed by atoms with Crippen LogP contribution in [0.15, 0.2) is 126 Å². The van der Waals surface area contributed by atoms with E-state index in [2.05, 4.69) is 10.3 Å². The average molecular weight is 692 g/mol. The van der Waals surface area contributed by atoms with Crippen LogP contribution in [0.2, 0.25) is 0 Å². The average Bonchev–Trinajstić information content (AvgIpc) is 3.49. The topological polar surface area (TPSA) is 130 Å². The van der Waals surface area contributed by atoms with Gasteiger partial charge in [-0.25, -0.2) is 4.79 Å². The first-order chi connectivity index (χ1) is 24.9. The minimum Gasteiger partial charge on any atom is -0.493 e. The fraction of sp³-hybridized carbons (Fsp3) is 0.275. The Balaban J connectivity index is 1.35. The van der Waals surface area contributed by atoms with Crippen molar-refractivity contribution in [1.29, 1.82) is 0 Å². The third-order valence-corrected chi connectivity index (χ3v) is 8.82. The number of nitrogens with zero attached hydrogens (tertiary/aromatic N) is 2. The molecule has 51 heavy (non-hydrogen) atoms. The van der Waals surface area contributed by atoms with Crippen molar-refractivity contribution in [3.8, 4) is 11.5 Å². The molecule has 11 nitrogen and oxygen atoms in total. The second-order valence-electron chi connectivity index (χ2n) is 12.0. The SMILES string of the molecule is CCCO[C@@H]1[C@H](O)[C@@H](COC(c2ccccc2)(c2ccccc2)c2cccc(OC)c2OC)O[C@H]1n1ccc(NC(=O)c2ccccc2)nc1=O. The van der Waals surface area contributed by atoms with Gasteiger partial charge in [-0.3, -0.25) is 9.36 Å². The Morgan fingerprint density at radius 1 is 0.882 bits per heavy atom. The summed E-state index contributed by atoms with van der Waals surface area (Å²) >= 11 is 0. The predicted molar refractivity (Wildman–Crippen MR) is 191 cm³/mol. The number of rotatable bonds is 14. The normalized spacial score (nSPS) is 18.7. The van der Waals surface area contributed by atoms with Crippen LogP contribution in [0.5, 0.6) is 11.5 Å². The number of amides is 1. The van der Waals surface area contributed by atoms with E-state index in [9.17, 15) is 14.7 Å². The lowest BCUT2D eigenvalue weighted by atomic mass is 9.79. The molecule has 1 aliphatic rings. The van der Waals surface area contributed by atoms with Crippen LogP contribution in [0, 0.1) is 0 Å². The van der Waals surface area contributed by atoms with E-state index in [1.165, 1.54) is 16.8 Å². The zero-order valence-electron chi connectivity index (χ0n) is 28.7. The van der Waals surface area contributed by atoms with Crippen molar-refractivity contribution in [2.45, 2.75) is 43.5 Å². The van der Waals surface area contributed by atoms with Gasteiger partial charge in [0.2, 0.25) is 0 Å². The Bertz CT molecular complexity index is 1920. The summed E-state index contributed by atoms with van der Waals surface area (Å²) in [6.07, 6.45) is -1.91. The Morgan fingerprint density at radius 3 is 2.12 bits per heavy atom. The minimum absolute atomic E-state index is 0.0808. The highest BCUT2D eigenvalue weighted by Crippen LogP contribution is 2.48. The molecule has 0 spiro atoms. The summed E-state index contributed by atoms with van der Waals surface area (Å²) in [5.41, 5.74) is 0.778. The molecule has 1 amide bonds. The number of aromatic nitrogens is 2. The lowest BCUT2D eigenvalue weighted by Crippen LogP contribution is -2.41. The lowest BCUT2D eigenvalue weighted by Gasteiger charge is -2.38. The molecule has 2 heterocycles. The van der Waals surface area contributed by atoms with E-state index < -0.39 is 41.7 Å². The number of para-hydroxylation sites is 1. The second-order valence-corrected chi connectivity index (χ2v) is 12.0. The first kappa shape index (κ1) is 35.5. The van der Waals surface area contributed by atoms with Crippen LogP contribution in [0.25, 0.3) is 0 Å². The highest BCUT2D eigenvalue weighted by atomic mass is 16.6. The maximum atomic E-state index is 13.4. The predicted octanol–water partition coefficient (Wildman–Crippen LogP) is 5.58. The fourth-order valence-corrected chi connectivity index (χ4v) is 6.41. The van der Waals surface area contributed by atoms with Gasteiger partial charge in [0.15, 0.2) is 17.7 Å². The van der Waals surface area contributed by atoms with Gasteiger partial charge in [-0.15, -0.1) is 0 Å². The molecule has 0 unspecified atom stereocenters. The number of anilines is 1. The highest BCUT2D eigenvalue weighted by Gasteiger charge is 2.48. The highest BCUT2D eigenvalue weighted by molar-refractivity contribution is 6.03. The molecule has 4 atom stereocenters. The molecule has 4 aromatic carbocycles. The molecule has 1 fully saturated rings. The quantitative estimate of drug-likeness (QED) is 0.144. The number of carbonyl (C=O) groups is 1. The number of hydrogen-bond acceptors (Lipinski definition) is 9. The minimum atomic E-state index is -1.25. The van der Waals surface area contributed by atoms with E-state index in [1.807, 2.05) is 85.8 Å². The Labute approximate surface area is 296 Å². The van der Waals surface area contributed by atoms with Gasteiger partial charge in [-0.2, -0.15) is 4.98 Å². The zero-order valence-corrected chi connectivity index (χ0v) is 28.7. The number of aliphatic hydroxyl groups excluding tert-OH is 1. The third-order valence-electron chi connectivity index (χ3n) is 8.82. The summed E-state index contributed by atoms with van der Waals surface area (Å²) in [6.45, 7) is 2.16. The van der Waals surface area contributed by atoms with Crippen LogP contribution < -0.4 is 20.5 Å². The molecule has 1 aliphatic heterocycles. The molecule has 2 N–H and O–H groups in total. The molecule has 0 bridgehead atoms. The molecule has 0 radical (unpaired) electrons. The molecule has 264 valence electrons. The van der Waals surface area contributed by atoms with Crippen molar-refractivity contribution in [3.63, 3.8) is 0 Å². The molecule has 6 rings (SSSR count). The maximum absolute atomic E-state index is 13.4. The summed E-state index contributed by atoms with van der Waals surface area (Å²) in [5.74, 6) is 0.689. The summed E-state index contributed by atoms with van der Waals surface area (Å²) < 4.78 is 32.4. The summed E-state index contributed by atoms with van der Waals surface area (Å²) in [6, 6.07) is 35.2. The van der Waals surface area contributed by atoms with E-state index in [-0.39, 0.29) is 12.4 Å². The van der Waals surface area contributed by atoms with Crippen LogP contribution in [-0.4, -0.2) is 66.3 Å². The molecule has 1 aromatic heterocycles. The second kappa shape index (κ2) is 16.1. The number of nitrogens with one attached hydrogen (secondary N) is 1. The van der Waals surface area contributed by atoms with Crippen LogP contribution in [0.4, 0.5) is 5.82 Å². The number of benzene rings is 4. The number of ether oxygens (including phenoxy) is 5. The van der Waals surface area contributed by atoms with Crippen LogP contribution in [0.3, 0.4) is 0 Å². The molecule has 0 aliphatic carbocycles. The van der Waals surface area contributed by atoms with E-state index in [1.54, 1.807) is 44.6 Å². The van der Waals surface area contributed by atoms with Gasteiger partial charge in [0.1, 0.15) is 29.7 Å². The van der Waals surface area contributed by atoms with Gasteiger partial charge in [0, 0.05) is 23.9 Å². The van der Waals surface area contributed by atoms with Gasteiger partial charge in [-0.05, 0) is 41.8 Å². The number of carbonyl (C=O) groups excluding carboxylic acids is 1. The monoisotopic (exact) mass is 691 g/mol. The first-order valence-corrected chi connectivity index (χ1v) is 16.8. The smallest absolute Gasteiger partial charge is 0.351 e. The Kier molecular flexibility index (Phi) is 11.2. The third kappa shape index (κ3) is 7.28. The van der Waals surface area contributed by atoms with Gasteiger partial charge in [-0.1, -0.05) is 97.9 Å². The van der Waals surface area contributed by atoms with E-state index in [0.29, 0.717) is 35.7 Å². The number of hydrogen-bond donors (Lipinski definition) is 2. The summed E-state index contributed by atoms with van der Waals surface area (Å²) in [7, 11) is 3.16. The molecule has 11 heteroatoms. The van der Waals surface area contributed by atoms with Gasteiger partial charge < -0.3 is 34.1 Å². The van der Waals surface area contributed by atoms with Crippen molar-refractivity contribution in [2.24, 2.45) is 0 Å². The van der Waals surface area contributed by atoms with Crippen LogP contribution >= 0.6 is 0 Å².